The number of carbonyl (C=O) groups excluding carboxylic acids is 1. The van der Waals surface area contributed by atoms with Gasteiger partial charge in [-0.3, -0.25) is 4.98 Å². The Labute approximate surface area is 113 Å². The number of nitrogens with one attached hydrogen (secondary N) is 1. The van der Waals surface area contributed by atoms with E-state index in [0.29, 0.717) is 13.2 Å². The Balaban J connectivity index is 2.32. The van der Waals surface area contributed by atoms with Gasteiger partial charge in [0, 0.05) is 18.9 Å². The predicted molar refractivity (Wildman–Crippen MR) is 71.7 cm³/mol. The summed E-state index contributed by atoms with van der Waals surface area (Å²) in [5.41, 5.74) is 0.989. The van der Waals surface area contributed by atoms with Crippen LogP contribution in [0.25, 0.3) is 0 Å². The number of alkyl carbamates (subject to hydrolysis) is 1. The molecule has 100 valence electrons. The molecule has 1 aromatic rings. The summed E-state index contributed by atoms with van der Waals surface area (Å²) in [6.45, 7) is 4.67. The molecule has 18 heavy (non-hydrogen) atoms. The minimum Gasteiger partial charge on any atom is -0.450 e. The summed E-state index contributed by atoms with van der Waals surface area (Å²) < 4.78 is 4.77. The van der Waals surface area contributed by atoms with Crippen LogP contribution < -0.4 is 5.32 Å². The zero-order valence-corrected chi connectivity index (χ0v) is 11.5. The molecule has 4 nitrogen and oxygen atoms in total. The van der Waals surface area contributed by atoms with Gasteiger partial charge in [-0.2, -0.15) is 0 Å². The monoisotopic (exact) mass is 270 g/mol. The molecule has 0 radical (unpaired) electrons. The van der Waals surface area contributed by atoms with Crippen molar-refractivity contribution in [2.75, 3.05) is 13.2 Å². The maximum absolute atomic E-state index is 11.1. The van der Waals surface area contributed by atoms with Gasteiger partial charge in [-0.1, -0.05) is 6.07 Å². The quantitative estimate of drug-likeness (QED) is 0.638. The SMILES string of the molecule is CCOC(=O)NCCCC(C)(Cl)c1cccnc1. The lowest BCUT2D eigenvalue weighted by Crippen LogP contribution is -2.26. The first kappa shape index (κ1) is 14.8. The zero-order chi connectivity index (χ0) is 13.4. The molecule has 1 amide bonds. The molecule has 0 aliphatic rings. The Kier molecular flexibility index (Phi) is 5.92. The highest BCUT2D eigenvalue weighted by Crippen LogP contribution is 2.32. The Bertz CT molecular complexity index is 369. The third-order valence-electron chi connectivity index (χ3n) is 2.63. The van der Waals surface area contributed by atoms with Crippen LogP contribution in [0, 0.1) is 0 Å². The second-order valence-corrected chi connectivity index (χ2v) is 5.02. The Hall–Kier alpha value is -1.29. The summed E-state index contributed by atoms with van der Waals surface area (Å²) >= 11 is 6.45. The van der Waals surface area contributed by atoms with E-state index in [4.69, 9.17) is 16.3 Å². The Morgan fingerprint density at radius 1 is 1.61 bits per heavy atom. The van der Waals surface area contributed by atoms with Crippen LogP contribution >= 0.6 is 11.6 Å². The molecule has 0 saturated heterocycles. The normalized spacial score (nSPS) is 13.7. The van der Waals surface area contributed by atoms with Crippen molar-refractivity contribution in [2.45, 2.75) is 31.6 Å². The lowest BCUT2D eigenvalue weighted by Gasteiger charge is -2.22. The van der Waals surface area contributed by atoms with Crippen molar-refractivity contribution in [1.82, 2.24) is 10.3 Å². The fraction of sp³-hybridized carbons (Fsp3) is 0.538. The van der Waals surface area contributed by atoms with E-state index in [1.54, 1.807) is 19.3 Å². The lowest BCUT2D eigenvalue weighted by atomic mass is 9.97. The van der Waals surface area contributed by atoms with Crippen LogP contribution in [0.4, 0.5) is 4.79 Å². The Morgan fingerprint density at radius 2 is 2.39 bits per heavy atom. The third kappa shape index (κ3) is 4.92. The Morgan fingerprint density at radius 3 is 3.00 bits per heavy atom. The van der Waals surface area contributed by atoms with Gasteiger partial charge in [-0.05, 0) is 38.3 Å². The van der Waals surface area contributed by atoms with Gasteiger partial charge in [0.2, 0.25) is 0 Å². The molecule has 0 spiro atoms. The molecule has 0 fully saturated rings. The molecule has 1 N–H and O–H groups in total. The van der Waals surface area contributed by atoms with Crippen molar-refractivity contribution in [3.63, 3.8) is 0 Å². The van der Waals surface area contributed by atoms with Gasteiger partial charge in [0.15, 0.2) is 0 Å². The van der Waals surface area contributed by atoms with Gasteiger partial charge in [-0.25, -0.2) is 4.79 Å². The van der Waals surface area contributed by atoms with Crippen molar-refractivity contribution in [1.29, 1.82) is 0 Å². The second kappa shape index (κ2) is 7.21. The van der Waals surface area contributed by atoms with Crippen LogP contribution in [-0.4, -0.2) is 24.2 Å². The molecule has 0 aliphatic carbocycles. The molecule has 1 atom stereocenters. The lowest BCUT2D eigenvalue weighted by molar-refractivity contribution is 0.152. The van der Waals surface area contributed by atoms with Crippen LogP contribution in [0.5, 0.6) is 0 Å². The molecule has 1 unspecified atom stereocenters. The summed E-state index contributed by atoms with van der Waals surface area (Å²) in [4.78, 5) is 14.7. The molecular weight excluding hydrogens is 252 g/mol. The first-order chi connectivity index (χ1) is 8.56. The van der Waals surface area contributed by atoms with Gasteiger partial charge in [0.25, 0.3) is 0 Å². The van der Waals surface area contributed by atoms with Crippen molar-refractivity contribution in [2.24, 2.45) is 0 Å². The molecule has 0 bridgehead atoms. The highest BCUT2D eigenvalue weighted by atomic mass is 35.5. The topological polar surface area (TPSA) is 51.2 Å². The number of amides is 1. The fourth-order valence-electron chi connectivity index (χ4n) is 1.61. The number of pyridine rings is 1. The van der Waals surface area contributed by atoms with E-state index in [9.17, 15) is 4.79 Å². The molecule has 1 aromatic heterocycles. The van der Waals surface area contributed by atoms with Crippen molar-refractivity contribution >= 4 is 17.7 Å². The predicted octanol–water partition coefficient (Wildman–Crippen LogP) is 3.06. The second-order valence-electron chi connectivity index (χ2n) is 4.19. The average molecular weight is 271 g/mol. The van der Waals surface area contributed by atoms with Gasteiger partial charge in [-0.15, -0.1) is 11.6 Å². The van der Waals surface area contributed by atoms with Gasteiger partial charge in [0.1, 0.15) is 0 Å². The van der Waals surface area contributed by atoms with E-state index in [0.717, 1.165) is 18.4 Å². The van der Waals surface area contributed by atoms with Crippen LogP contribution in [0.3, 0.4) is 0 Å². The number of nitrogens with zero attached hydrogens (tertiary/aromatic N) is 1. The standard InChI is InChI=1S/C13H19ClN2O2/c1-3-18-12(17)16-9-5-7-13(2,14)11-6-4-8-15-10-11/h4,6,8,10H,3,5,7,9H2,1-2H3,(H,16,17). The first-order valence-corrected chi connectivity index (χ1v) is 6.44. The third-order valence-corrected chi connectivity index (χ3v) is 3.04. The highest BCUT2D eigenvalue weighted by Gasteiger charge is 2.22. The van der Waals surface area contributed by atoms with Crippen LogP contribution in [0.2, 0.25) is 0 Å². The summed E-state index contributed by atoms with van der Waals surface area (Å²) in [6.07, 6.45) is 4.65. The highest BCUT2D eigenvalue weighted by molar-refractivity contribution is 6.23. The van der Waals surface area contributed by atoms with E-state index >= 15 is 0 Å². The molecule has 1 rings (SSSR count). The van der Waals surface area contributed by atoms with Crippen molar-refractivity contribution in [3.05, 3.63) is 30.1 Å². The van der Waals surface area contributed by atoms with E-state index in [2.05, 4.69) is 10.3 Å². The number of aromatic nitrogens is 1. The maximum Gasteiger partial charge on any atom is 0.407 e. The van der Waals surface area contributed by atoms with Crippen LogP contribution in [-0.2, 0) is 9.61 Å². The summed E-state index contributed by atoms with van der Waals surface area (Å²) in [7, 11) is 0. The minimum atomic E-state index is -0.454. The number of alkyl halides is 1. The van der Waals surface area contributed by atoms with Gasteiger partial charge in [0.05, 0.1) is 11.5 Å². The largest absolute Gasteiger partial charge is 0.450 e. The number of ether oxygens (including phenoxy) is 1. The average Bonchev–Trinajstić information content (AvgIpc) is 2.36. The van der Waals surface area contributed by atoms with E-state index < -0.39 is 4.87 Å². The van der Waals surface area contributed by atoms with Crippen LogP contribution in [0.15, 0.2) is 24.5 Å². The smallest absolute Gasteiger partial charge is 0.407 e. The van der Waals surface area contributed by atoms with Crippen molar-refractivity contribution < 1.29 is 9.53 Å². The molecule has 0 aliphatic heterocycles. The number of carbonyl (C=O) groups is 1. The molecule has 0 aromatic carbocycles. The fourth-order valence-corrected chi connectivity index (χ4v) is 1.85. The summed E-state index contributed by atoms with van der Waals surface area (Å²) in [5, 5.41) is 2.67. The zero-order valence-electron chi connectivity index (χ0n) is 10.8. The number of hydrogen-bond acceptors (Lipinski definition) is 3. The van der Waals surface area contributed by atoms with Crippen molar-refractivity contribution in [3.8, 4) is 0 Å². The number of halogens is 1. The van der Waals surface area contributed by atoms with Gasteiger partial charge >= 0.3 is 6.09 Å². The summed E-state index contributed by atoms with van der Waals surface area (Å²) in [6, 6.07) is 3.83. The first-order valence-electron chi connectivity index (χ1n) is 6.06. The number of rotatable bonds is 6. The molecule has 0 saturated carbocycles. The number of hydrogen-bond donors (Lipinski definition) is 1. The van der Waals surface area contributed by atoms with E-state index in [1.165, 1.54) is 0 Å². The van der Waals surface area contributed by atoms with E-state index in [-0.39, 0.29) is 6.09 Å². The minimum absolute atomic E-state index is 0.379. The van der Waals surface area contributed by atoms with E-state index in [1.807, 2.05) is 19.1 Å². The summed E-state index contributed by atoms with van der Waals surface area (Å²) in [5.74, 6) is 0. The molecule has 1 heterocycles. The van der Waals surface area contributed by atoms with Gasteiger partial charge < -0.3 is 10.1 Å². The molecular formula is C13H19ClN2O2. The van der Waals surface area contributed by atoms with Crippen LogP contribution in [0.1, 0.15) is 32.3 Å². The maximum atomic E-state index is 11.1. The molecule has 5 heteroatoms.